The minimum atomic E-state index is 0.464. The Balaban J connectivity index is 1.64. The number of hydrogen-bond donors (Lipinski definition) is 0. The number of hydrogen-bond acceptors (Lipinski definition) is 6. The standard InChI is InChI=1S/C22H25N3O3/c1-26-10-11-28-22-12-18-19(13-21(22)27-2)24-23-14-20(18)25-9-8-17(15-25)16-6-4-3-5-7-16/h3-7,12-14,17H,8-11,15H2,1-2H3. The molecule has 2 aromatic carbocycles. The molecule has 2 heterocycles. The Morgan fingerprint density at radius 1 is 1.07 bits per heavy atom. The van der Waals surface area contributed by atoms with Crippen molar-refractivity contribution < 1.29 is 14.2 Å². The van der Waals surface area contributed by atoms with Crippen molar-refractivity contribution in [2.45, 2.75) is 12.3 Å². The first-order chi connectivity index (χ1) is 13.8. The largest absolute Gasteiger partial charge is 0.493 e. The summed E-state index contributed by atoms with van der Waals surface area (Å²) in [6, 6.07) is 14.6. The van der Waals surface area contributed by atoms with Crippen molar-refractivity contribution in [3.63, 3.8) is 0 Å². The second kappa shape index (κ2) is 8.44. The Kier molecular flexibility index (Phi) is 5.58. The predicted molar refractivity (Wildman–Crippen MR) is 109 cm³/mol. The molecular formula is C22H25N3O3. The quantitative estimate of drug-likeness (QED) is 0.584. The van der Waals surface area contributed by atoms with Gasteiger partial charge in [0.1, 0.15) is 6.61 Å². The fourth-order valence-corrected chi connectivity index (χ4v) is 3.79. The highest BCUT2D eigenvalue weighted by molar-refractivity contribution is 5.93. The van der Waals surface area contributed by atoms with Crippen LogP contribution in [0.15, 0.2) is 48.7 Å². The average molecular weight is 379 g/mol. The van der Waals surface area contributed by atoms with Gasteiger partial charge in [-0.25, -0.2) is 0 Å². The Labute approximate surface area is 165 Å². The summed E-state index contributed by atoms with van der Waals surface area (Å²) < 4.78 is 16.4. The summed E-state index contributed by atoms with van der Waals surface area (Å²) in [6.07, 6.45) is 2.97. The first-order valence-corrected chi connectivity index (χ1v) is 9.55. The topological polar surface area (TPSA) is 56.7 Å². The number of anilines is 1. The third kappa shape index (κ3) is 3.73. The molecule has 0 radical (unpaired) electrons. The molecule has 1 unspecified atom stereocenters. The summed E-state index contributed by atoms with van der Waals surface area (Å²) in [5.41, 5.74) is 3.28. The van der Waals surface area contributed by atoms with Crippen LogP contribution in [0.5, 0.6) is 11.5 Å². The normalized spacial score (nSPS) is 16.5. The van der Waals surface area contributed by atoms with Gasteiger partial charge in [0, 0.05) is 37.6 Å². The molecule has 28 heavy (non-hydrogen) atoms. The van der Waals surface area contributed by atoms with Gasteiger partial charge in [-0.05, 0) is 18.1 Å². The minimum absolute atomic E-state index is 0.464. The van der Waals surface area contributed by atoms with Crippen LogP contribution in [0.1, 0.15) is 17.9 Å². The fourth-order valence-electron chi connectivity index (χ4n) is 3.79. The van der Waals surface area contributed by atoms with Gasteiger partial charge < -0.3 is 19.1 Å². The lowest BCUT2D eigenvalue weighted by molar-refractivity contribution is 0.144. The van der Waals surface area contributed by atoms with Crippen LogP contribution < -0.4 is 14.4 Å². The van der Waals surface area contributed by atoms with Crippen molar-refractivity contribution in [1.82, 2.24) is 10.2 Å². The van der Waals surface area contributed by atoms with Gasteiger partial charge in [-0.15, -0.1) is 0 Å². The predicted octanol–water partition coefficient (Wildman–Crippen LogP) is 3.66. The van der Waals surface area contributed by atoms with Gasteiger partial charge in [-0.3, -0.25) is 0 Å². The lowest BCUT2D eigenvalue weighted by Crippen LogP contribution is -2.20. The smallest absolute Gasteiger partial charge is 0.163 e. The SMILES string of the molecule is COCCOc1cc2c(N3CCC(c4ccccc4)C3)cnnc2cc1OC. The highest BCUT2D eigenvalue weighted by Gasteiger charge is 2.26. The zero-order valence-corrected chi connectivity index (χ0v) is 16.3. The van der Waals surface area contributed by atoms with E-state index in [0.717, 1.165) is 36.1 Å². The van der Waals surface area contributed by atoms with E-state index in [9.17, 15) is 0 Å². The number of fused-ring (bicyclic) bond motifs is 1. The zero-order valence-electron chi connectivity index (χ0n) is 16.3. The van der Waals surface area contributed by atoms with E-state index in [1.54, 1.807) is 14.2 Å². The van der Waals surface area contributed by atoms with Crippen molar-refractivity contribution in [1.29, 1.82) is 0 Å². The monoisotopic (exact) mass is 379 g/mol. The van der Waals surface area contributed by atoms with Crippen molar-refractivity contribution in [2.75, 3.05) is 45.4 Å². The van der Waals surface area contributed by atoms with Crippen molar-refractivity contribution in [2.24, 2.45) is 0 Å². The zero-order chi connectivity index (χ0) is 19.3. The van der Waals surface area contributed by atoms with Crippen molar-refractivity contribution in [3.8, 4) is 11.5 Å². The van der Waals surface area contributed by atoms with E-state index in [1.165, 1.54) is 5.56 Å². The highest BCUT2D eigenvalue weighted by atomic mass is 16.5. The van der Waals surface area contributed by atoms with Gasteiger partial charge in [0.15, 0.2) is 11.5 Å². The van der Waals surface area contributed by atoms with Crippen LogP contribution in [-0.2, 0) is 4.74 Å². The molecule has 1 fully saturated rings. The molecule has 0 aliphatic carbocycles. The van der Waals surface area contributed by atoms with Gasteiger partial charge >= 0.3 is 0 Å². The number of benzene rings is 2. The van der Waals surface area contributed by atoms with E-state index in [2.05, 4.69) is 45.4 Å². The number of nitrogens with zero attached hydrogens (tertiary/aromatic N) is 3. The first-order valence-electron chi connectivity index (χ1n) is 9.55. The van der Waals surface area contributed by atoms with Crippen LogP contribution in [0.2, 0.25) is 0 Å². The van der Waals surface area contributed by atoms with Gasteiger partial charge in [-0.2, -0.15) is 10.2 Å². The summed E-state index contributed by atoms with van der Waals surface area (Å²) >= 11 is 0. The molecule has 146 valence electrons. The van der Waals surface area contributed by atoms with Crippen molar-refractivity contribution >= 4 is 16.6 Å². The summed E-state index contributed by atoms with van der Waals surface area (Å²) in [7, 11) is 3.29. The second-order valence-electron chi connectivity index (χ2n) is 6.93. The Morgan fingerprint density at radius 2 is 1.93 bits per heavy atom. The molecule has 0 N–H and O–H groups in total. The molecule has 4 rings (SSSR count). The maximum absolute atomic E-state index is 5.87. The minimum Gasteiger partial charge on any atom is -0.493 e. The first kappa shape index (κ1) is 18.5. The van der Waals surface area contributed by atoms with Crippen LogP contribution in [-0.4, -0.2) is 50.7 Å². The van der Waals surface area contributed by atoms with E-state index in [-0.39, 0.29) is 0 Å². The number of ether oxygens (including phenoxy) is 3. The molecule has 0 spiro atoms. The molecule has 6 heteroatoms. The molecule has 6 nitrogen and oxygen atoms in total. The van der Waals surface area contributed by atoms with Gasteiger partial charge in [0.05, 0.1) is 31.1 Å². The van der Waals surface area contributed by atoms with E-state index in [1.807, 2.05) is 18.3 Å². The molecule has 1 aliphatic heterocycles. The number of aromatic nitrogens is 2. The van der Waals surface area contributed by atoms with Crippen LogP contribution in [0.25, 0.3) is 10.9 Å². The Morgan fingerprint density at radius 3 is 2.71 bits per heavy atom. The third-order valence-electron chi connectivity index (χ3n) is 5.25. The van der Waals surface area contributed by atoms with Crippen LogP contribution >= 0.6 is 0 Å². The summed E-state index contributed by atoms with van der Waals surface area (Å²) in [4.78, 5) is 2.39. The fraction of sp³-hybridized carbons (Fsp3) is 0.364. The molecule has 0 saturated carbocycles. The molecule has 1 saturated heterocycles. The summed E-state index contributed by atoms with van der Waals surface area (Å²) in [6.45, 7) is 2.95. The molecule has 1 aromatic heterocycles. The lowest BCUT2D eigenvalue weighted by atomic mass is 9.99. The Hall–Kier alpha value is -2.86. The molecule has 0 amide bonds. The third-order valence-corrected chi connectivity index (χ3v) is 5.25. The molecule has 1 atom stereocenters. The maximum Gasteiger partial charge on any atom is 0.163 e. The van der Waals surface area contributed by atoms with E-state index >= 15 is 0 Å². The molecule has 3 aromatic rings. The molecule has 1 aliphatic rings. The summed E-state index contributed by atoms with van der Waals surface area (Å²) in [5.74, 6) is 1.87. The van der Waals surface area contributed by atoms with Gasteiger partial charge in [0.25, 0.3) is 0 Å². The number of rotatable bonds is 7. The van der Waals surface area contributed by atoms with Crippen molar-refractivity contribution in [3.05, 3.63) is 54.2 Å². The lowest BCUT2D eigenvalue weighted by Gasteiger charge is -2.21. The van der Waals surface area contributed by atoms with Crippen LogP contribution in [0.4, 0.5) is 5.69 Å². The second-order valence-corrected chi connectivity index (χ2v) is 6.93. The van der Waals surface area contributed by atoms with Gasteiger partial charge in [0.2, 0.25) is 0 Å². The molecular weight excluding hydrogens is 354 g/mol. The van der Waals surface area contributed by atoms with E-state index < -0.39 is 0 Å². The van der Waals surface area contributed by atoms with Gasteiger partial charge in [-0.1, -0.05) is 30.3 Å². The summed E-state index contributed by atoms with van der Waals surface area (Å²) in [5, 5.41) is 9.55. The highest BCUT2D eigenvalue weighted by Crippen LogP contribution is 2.38. The van der Waals surface area contributed by atoms with Crippen LogP contribution in [0.3, 0.4) is 0 Å². The van der Waals surface area contributed by atoms with E-state index in [4.69, 9.17) is 14.2 Å². The maximum atomic E-state index is 5.87. The number of methoxy groups -OCH3 is 2. The van der Waals surface area contributed by atoms with Crippen LogP contribution in [0, 0.1) is 0 Å². The Bertz CT molecular complexity index is 933. The average Bonchev–Trinajstić information content (AvgIpc) is 3.23. The van der Waals surface area contributed by atoms with E-state index in [0.29, 0.717) is 30.6 Å². The molecule has 0 bridgehead atoms.